The van der Waals surface area contributed by atoms with E-state index in [1.165, 1.54) is 14.7 Å². The maximum absolute atomic E-state index is 13.4. The number of rotatable bonds is 8. The van der Waals surface area contributed by atoms with Gasteiger partial charge in [-0.25, -0.2) is 4.79 Å². The monoisotopic (exact) mass is 489 g/mol. The van der Waals surface area contributed by atoms with E-state index in [-0.39, 0.29) is 23.1 Å². The summed E-state index contributed by atoms with van der Waals surface area (Å²) in [6.07, 6.45) is 2.53. The molecule has 36 heavy (non-hydrogen) atoms. The number of benzene rings is 2. The SMILES string of the molecule is COCCCn1c(=O)c2c(n(C)c1=O)N=C(Oc1ccccc1C(C)C)C(Cc1ccccc1)CC2. The van der Waals surface area contributed by atoms with Crippen LogP contribution in [0.3, 0.4) is 0 Å². The topological polar surface area (TPSA) is 74.8 Å². The molecule has 1 aromatic heterocycles. The summed E-state index contributed by atoms with van der Waals surface area (Å²) in [4.78, 5) is 31.4. The summed E-state index contributed by atoms with van der Waals surface area (Å²) >= 11 is 0. The van der Waals surface area contributed by atoms with Crippen LogP contribution in [0.15, 0.2) is 69.2 Å². The van der Waals surface area contributed by atoms with E-state index in [2.05, 4.69) is 32.0 Å². The summed E-state index contributed by atoms with van der Waals surface area (Å²) in [5.74, 6) is 1.91. The Morgan fingerprint density at radius 3 is 2.50 bits per heavy atom. The zero-order chi connectivity index (χ0) is 25.7. The van der Waals surface area contributed by atoms with Gasteiger partial charge in [-0.05, 0) is 48.8 Å². The van der Waals surface area contributed by atoms with Crippen LogP contribution in [0.1, 0.15) is 49.3 Å². The van der Waals surface area contributed by atoms with Gasteiger partial charge >= 0.3 is 5.69 Å². The lowest BCUT2D eigenvalue weighted by molar-refractivity contribution is 0.189. The lowest BCUT2D eigenvalue weighted by Gasteiger charge is -2.20. The van der Waals surface area contributed by atoms with E-state index in [4.69, 9.17) is 14.5 Å². The van der Waals surface area contributed by atoms with Crippen molar-refractivity contribution in [1.29, 1.82) is 0 Å². The van der Waals surface area contributed by atoms with Crippen molar-refractivity contribution in [1.82, 2.24) is 9.13 Å². The number of nitrogens with zero attached hydrogens (tertiary/aromatic N) is 3. The Labute approximate surface area is 212 Å². The smallest absolute Gasteiger partial charge is 0.332 e. The lowest BCUT2D eigenvalue weighted by atomic mass is 9.93. The van der Waals surface area contributed by atoms with E-state index in [1.54, 1.807) is 14.2 Å². The molecule has 190 valence electrons. The van der Waals surface area contributed by atoms with E-state index in [0.29, 0.717) is 49.7 Å². The molecule has 1 aliphatic heterocycles. The van der Waals surface area contributed by atoms with E-state index < -0.39 is 0 Å². The van der Waals surface area contributed by atoms with Gasteiger partial charge in [0.05, 0.1) is 5.56 Å². The highest BCUT2D eigenvalue weighted by Crippen LogP contribution is 2.31. The first-order valence-corrected chi connectivity index (χ1v) is 12.6. The third-order valence-electron chi connectivity index (χ3n) is 6.73. The summed E-state index contributed by atoms with van der Waals surface area (Å²) < 4.78 is 14.4. The Bertz CT molecular complexity index is 1340. The van der Waals surface area contributed by atoms with E-state index in [0.717, 1.165) is 17.7 Å². The molecule has 4 rings (SSSR count). The Morgan fingerprint density at radius 2 is 1.78 bits per heavy atom. The second-order valence-electron chi connectivity index (χ2n) is 9.62. The van der Waals surface area contributed by atoms with Crippen molar-refractivity contribution in [3.63, 3.8) is 0 Å². The van der Waals surface area contributed by atoms with Gasteiger partial charge in [-0.15, -0.1) is 0 Å². The highest BCUT2D eigenvalue weighted by Gasteiger charge is 2.28. The van der Waals surface area contributed by atoms with Gasteiger partial charge in [0.1, 0.15) is 11.6 Å². The minimum absolute atomic E-state index is 0.0449. The fraction of sp³-hybridized carbons (Fsp3) is 0.414. The normalized spacial score (nSPS) is 15.4. The zero-order valence-electron chi connectivity index (χ0n) is 21.6. The fourth-order valence-electron chi connectivity index (χ4n) is 4.74. The first kappa shape index (κ1) is 25.6. The highest BCUT2D eigenvalue weighted by atomic mass is 16.5. The number of hydrogen-bond acceptors (Lipinski definition) is 5. The molecule has 0 saturated carbocycles. The van der Waals surface area contributed by atoms with E-state index in [9.17, 15) is 9.59 Å². The molecule has 1 atom stereocenters. The van der Waals surface area contributed by atoms with Crippen LogP contribution in [0.2, 0.25) is 0 Å². The number of methoxy groups -OCH3 is 1. The van der Waals surface area contributed by atoms with Crippen molar-refractivity contribution in [3.8, 4) is 5.75 Å². The molecule has 0 fully saturated rings. The minimum Gasteiger partial charge on any atom is -0.442 e. The summed E-state index contributed by atoms with van der Waals surface area (Å²) in [6.45, 7) is 5.05. The Hall–Kier alpha value is -3.45. The predicted octanol–water partition coefficient (Wildman–Crippen LogP) is 4.62. The first-order chi connectivity index (χ1) is 17.4. The van der Waals surface area contributed by atoms with Gasteiger partial charge in [-0.2, -0.15) is 4.99 Å². The third kappa shape index (κ3) is 5.51. The Balaban J connectivity index is 1.80. The molecule has 0 amide bonds. The van der Waals surface area contributed by atoms with Crippen LogP contribution in [-0.2, 0) is 31.2 Å². The van der Waals surface area contributed by atoms with Crippen molar-refractivity contribution < 1.29 is 9.47 Å². The standard InChI is InChI=1S/C29H35N3O4/c1-20(2)23-13-8-9-14-25(23)36-27-22(19-21-11-6-5-7-12-21)15-16-24-26(30-27)31(3)29(34)32(28(24)33)17-10-18-35-4/h5-9,11-14,20,22H,10,15-19H2,1-4H3. The Morgan fingerprint density at radius 1 is 1.06 bits per heavy atom. The molecule has 0 saturated heterocycles. The van der Waals surface area contributed by atoms with Crippen LogP contribution in [-0.4, -0.2) is 28.7 Å². The van der Waals surface area contributed by atoms with Gasteiger partial charge < -0.3 is 9.47 Å². The average molecular weight is 490 g/mol. The second-order valence-corrected chi connectivity index (χ2v) is 9.62. The Kier molecular flexibility index (Phi) is 8.21. The zero-order valence-corrected chi connectivity index (χ0v) is 21.6. The van der Waals surface area contributed by atoms with Crippen LogP contribution in [0, 0.1) is 5.92 Å². The quantitative estimate of drug-likeness (QED) is 0.433. The number of ether oxygens (including phenoxy) is 2. The number of aromatic nitrogens is 2. The van der Waals surface area contributed by atoms with Crippen molar-refractivity contribution in [3.05, 3.63) is 92.1 Å². The number of para-hydroxylation sites is 1. The molecule has 7 heteroatoms. The van der Waals surface area contributed by atoms with Gasteiger partial charge in [-0.1, -0.05) is 62.4 Å². The molecule has 3 aromatic rings. The number of hydrogen-bond donors (Lipinski definition) is 0. The number of aliphatic imine (C=N–C) groups is 1. The van der Waals surface area contributed by atoms with E-state index >= 15 is 0 Å². The van der Waals surface area contributed by atoms with Crippen molar-refractivity contribution >= 4 is 11.7 Å². The maximum Gasteiger partial charge on any atom is 0.332 e. The summed E-state index contributed by atoms with van der Waals surface area (Å²) in [5.41, 5.74) is 2.18. The molecular formula is C29H35N3O4. The molecule has 2 aromatic carbocycles. The van der Waals surface area contributed by atoms with Crippen molar-refractivity contribution in [2.24, 2.45) is 18.0 Å². The molecule has 0 bridgehead atoms. The van der Waals surface area contributed by atoms with Gasteiger partial charge in [-0.3, -0.25) is 13.9 Å². The predicted molar refractivity (Wildman–Crippen MR) is 143 cm³/mol. The molecule has 1 unspecified atom stereocenters. The van der Waals surface area contributed by atoms with Crippen LogP contribution in [0.4, 0.5) is 5.82 Å². The van der Waals surface area contributed by atoms with Gasteiger partial charge in [0.25, 0.3) is 5.56 Å². The number of fused-ring (bicyclic) bond motifs is 1. The van der Waals surface area contributed by atoms with Gasteiger partial charge in [0.15, 0.2) is 5.90 Å². The molecular weight excluding hydrogens is 454 g/mol. The molecule has 1 aliphatic rings. The minimum atomic E-state index is -0.373. The van der Waals surface area contributed by atoms with E-state index in [1.807, 2.05) is 36.4 Å². The van der Waals surface area contributed by atoms with Crippen LogP contribution in [0.5, 0.6) is 5.75 Å². The second kappa shape index (κ2) is 11.5. The maximum atomic E-state index is 13.4. The molecule has 2 heterocycles. The lowest BCUT2D eigenvalue weighted by Crippen LogP contribution is -2.41. The van der Waals surface area contributed by atoms with Crippen LogP contribution >= 0.6 is 0 Å². The average Bonchev–Trinajstić information content (AvgIpc) is 3.05. The van der Waals surface area contributed by atoms with Crippen molar-refractivity contribution in [2.75, 3.05) is 13.7 Å². The summed E-state index contributed by atoms with van der Waals surface area (Å²) in [7, 11) is 3.28. The van der Waals surface area contributed by atoms with Crippen LogP contribution in [0.25, 0.3) is 0 Å². The van der Waals surface area contributed by atoms with Gasteiger partial charge in [0.2, 0.25) is 0 Å². The summed E-state index contributed by atoms with van der Waals surface area (Å²) in [5, 5.41) is 0. The largest absolute Gasteiger partial charge is 0.442 e. The molecule has 0 aliphatic carbocycles. The summed E-state index contributed by atoms with van der Waals surface area (Å²) in [6, 6.07) is 18.2. The molecule has 0 spiro atoms. The highest BCUT2D eigenvalue weighted by molar-refractivity contribution is 5.85. The van der Waals surface area contributed by atoms with Gasteiger partial charge in [0, 0.05) is 33.2 Å². The molecule has 0 N–H and O–H groups in total. The molecule has 7 nitrogen and oxygen atoms in total. The third-order valence-corrected chi connectivity index (χ3v) is 6.73. The van der Waals surface area contributed by atoms with Crippen LogP contribution < -0.4 is 16.0 Å². The molecule has 0 radical (unpaired) electrons. The first-order valence-electron chi connectivity index (χ1n) is 12.6. The van der Waals surface area contributed by atoms with Crippen molar-refractivity contribution in [2.45, 2.75) is 52.0 Å². The fourth-order valence-corrected chi connectivity index (χ4v) is 4.74.